The van der Waals surface area contributed by atoms with Gasteiger partial charge in [0.1, 0.15) is 5.69 Å². The van der Waals surface area contributed by atoms with Gasteiger partial charge in [-0.2, -0.15) is 0 Å². The van der Waals surface area contributed by atoms with E-state index in [-0.39, 0.29) is 19.3 Å². The Morgan fingerprint density at radius 1 is 1.29 bits per heavy atom. The largest absolute Gasteiger partial charge is 0.461 e. The molecule has 148 valence electrons. The number of allylic oxidation sites excluding steroid dienone is 1. The summed E-state index contributed by atoms with van der Waals surface area (Å²) in [4.78, 5) is 25.3. The first-order chi connectivity index (χ1) is 13.5. The number of esters is 1. The SMILES string of the molecule is C=CCn1c(C)c(C(=O)NCc2ccc3c(c2)OCO3)c(C)c1C(=O)OCC. The highest BCUT2D eigenvalue weighted by Gasteiger charge is 2.26. The standard InChI is InChI=1S/C21H24N2O5/c1-5-9-23-14(4)18(13(3)19(23)21(25)26-6-2)20(24)22-11-15-7-8-16-17(10-15)28-12-27-16/h5,7-8,10H,1,6,9,11-12H2,2-4H3,(H,22,24). The highest BCUT2D eigenvalue weighted by Crippen LogP contribution is 2.32. The van der Waals surface area contributed by atoms with Gasteiger partial charge < -0.3 is 24.1 Å². The molecule has 2 heterocycles. The number of ether oxygens (including phenoxy) is 3. The average Bonchev–Trinajstić information content (AvgIpc) is 3.22. The van der Waals surface area contributed by atoms with Gasteiger partial charge in [-0.25, -0.2) is 4.79 Å². The van der Waals surface area contributed by atoms with E-state index in [0.717, 1.165) is 5.56 Å². The molecule has 1 N–H and O–H groups in total. The lowest BCUT2D eigenvalue weighted by Gasteiger charge is -2.09. The average molecular weight is 384 g/mol. The lowest BCUT2D eigenvalue weighted by molar-refractivity contribution is 0.0513. The topological polar surface area (TPSA) is 78.8 Å². The molecule has 0 radical (unpaired) electrons. The molecule has 0 atom stereocenters. The zero-order valence-corrected chi connectivity index (χ0v) is 16.3. The molecule has 2 aromatic rings. The van der Waals surface area contributed by atoms with Crippen LogP contribution in [0.15, 0.2) is 30.9 Å². The van der Waals surface area contributed by atoms with Crippen LogP contribution >= 0.6 is 0 Å². The smallest absolute Gasteiger partial charge is 0.355 e. The van der Waals surface area contributed by atoms with Crippen LogP contribution in [0.5, 0.6) is 11.5 Å². The maximum atomic E-state index is 12.9. The van der Waals surface area contributed by atoms with E-state index < -0.39 is 5.97 Å². The van der Waals surface area contributed by atoms with Crippen LogP contribution in [0.3, 0.4) is 0 Å². The quantitative estimate of drug-likeness (QED) is 0.586. The molecule has 7 heteroatoms. The number of carbonyl (C=O) groups is 2. The maximum Gasteiger partial charge on any atom is 0.355 e. The highest BCUT2D eigenvalue weighted by molar-refractivity contribution is 6.01. The summed E-state index contributed by atoms with van der Waals surface area (Å²) in [5, 5.41) is 2.92. The summed E-state index contributed by atoms with van der Waals surface area (Å²) in [6, 6.07) is 5.54. The molecular formula is C21H24N2O5. The van der Waals surface area contributed by atoms with Gasteiger partial charge in [0.2, 0.25) is 6.79 Å². The molecule has 0 saturated heterocycles. The number of carbonyl (C=O) groups excluding carboxylic acids is 2. The van der Waals surface area contributed by atoms with Gasteiger partial charge in [0, 0.05) is 18.8 Å². The van der Waals surface area contributed by atoms with E-state index in [4.69, 9.17) is 14.2 Å². The van der Waals surface area contributed by atoms with Crippen LogP contribution in [0.4, 0.5) is 0 Å². The molecule has 1 aromatic heterocycles. The number of hydrogen-bond donors (Lipinski definition) is 1. The Morgan fingerprint density at radius 3 is 2.75 bits per heavy atom. The van der Waals surface area contributed by atoms with Crippen molar-refractivity contribution in [1.29, 1.82) is 0 Å². The Labute approximate surface area is 163 Å². The molecule has 3 rings (SSSR count). The van der Waals surface area contributed by atoms with Gasteiger partial charge in [-0.1, -0.05) is 12.1 Å². The van der Waals surface area contributed by atoms with Crippen LogP contribution in [0, 0.1) is 13.8 Å². The van der Waals surface area contributed by atoms with E-state index in [2.05, 4.69) is 11.9 Å². The second kappa shape index (κ2) is 8.21. The predicted molar refractivity (Wildman–Crippen MR) is 104 cm³/mol. The third-order valence-corrected chi connectivity index (χ3v) is 4.66. The molecule has 7 nitrogen and oxygen atoms in total. The van der Waals surface area contributed by atoms with Gasteiger partial charge in [0.25, 0.3) is 5.91 Å². The molecule has 0 spiro atoms. The zero-order chi connectivity index (χ0) is 20.3. The first-order valence-electron chi connectivity index (χ1n) is 9.12. The molecule has 1 aromatic carbocycles. The van der Waals surface area contributed by atoms with Gasteiger partial charge in [-0.05, 0) is 44.0 Å². The fourth-order valence-corrected chi connectivity index (χ4v) is 3.37. The van der Waals surface area contributed by atoms with E-state index >= 15 is 0 Å². The van der Waals surface area contributed by atoms with E-state index in [1.54, 1.807) is 24.5 Å². The molecule has 0 unspecified atom stereocenters. The molecule has 0 bridgehead atoms. The second-order valence-corrected chi connectivity index (χ2v) is 6.42. The van der Waals surface area contributed by atoms with Crippen molar-refractivity contribution in [1.82, 2.24) is 9.88 Å². The number of benzene rings is 1. The van der Waals surface area contributed by atoms with Gasteiger partial charge >= 0.3 is 5.97 Å². The van der Waals surface area contributed by atoms with Gasteiger partial charge in [-0.15, -0.1) is 6.58 Å². The van der Waals surface area contributed by atoms with E-state index in [1.165, 1.54) is 0 Å². The van der Waals surface area contributed by atoms with Crippen LogP contribution in [0.1, 0.15) is 44.6 Å². The summed E-state index contributed by atoms with van der Waals surface area (Å²) in [6.07, 6.45) is 1.68. The third-order valence-electron chi connectivity index (χ3n) is 4.66. The minimum absolute atomic E-state index is 0.205. The monoisotopic (exact) mass is 384 g/mol. The lowest BCUT2D eigenvalue weighted by atomic mass is 10.1. The van der Waals surface area contributed by atoms with Gasteiger partial charge in [-0.3, -0.25) is 4.79 Å². The predicted octanol–water partition coefficient (Wildman–Crippen LogP) is 3.13. The number of aromatic nitrogens is 1. The molecule has 1 aliphatic rings. The van der Waals surface area contributed by atoms with Gasteiger partial charge in [0.15, 0.2) is 11.5 Å². The number of hydrogen-bond acceptors (Lipinski definition) is 5. The number of nitrogens with zero attached hydrogens (tertiary/aromatic N) is 1. The Kier molecular flexibility index (Phi) is 5.73. The molecule has 0 saturated carbocycles. The molecular weight excluding hydrogens is 360 g/mol. The molecule has 0 aliphatic carbocycles. The first kappa shape index (κ1) is 19.5. The number of nitrogens with one attached hydrogen (secondary N) is 1. The Morgan fingerprint density at radius 2 is 2.04 bits per heavy atom. The summed E-state index contributed by atoms with van der Waals surface area (Å²) < 4.78 is 17.6. The van der Waals surface area contributed by atoms with Crippen molar-refractivity contribution in [3.63, 3.8) is 0 Å². The molecule has 28 heavy (non-hydrogen) atoms. The van der Waals surface area contributed by atoms with Crippen molar-refractivity contribution >= 4 is 11.9 Å². The highest BCUT2D eigenvalue weighted by atomic mass is 16.7. The summed E-state index contributed by atoms with van der Waals surface area (Å²) in [5.74, 6) is 0.670. The van der Waals surface area contributed by atoms with Crippen molar-refractivity contribution < 1.29 is 23.8 Å². The number of fused-ring (bicyclic) bond motifs is 1. The zero-order valence-electron chi connectivity index (χ0n) is 16.3. The van der Waals surface area contributed by atoms with Crippen molar-refractivity contribution in [2.24, 2.45) is 0 Å². The van der Waals surface area contributed by atoms with Crippen molar-refractivity contribution in [2.45, 2.75) is 33.9 Å². The minimum atomic E-state index is -0.445. The van der Waals surface area contributed by atoms with Crippen LogP contribution in [-0.4, -0.2) is 29.8 Å². The Balaban J connectivity index is 1.83. The molecule has 0 fully saturated rings. The van der Waals surface area contributed by atoms with Crippen LogP contribution in [0.2, 0.25) is 0 Å². The summed E-state index contributed by atoms with van der Waals surface area (Å²) in [7, 11) is 0. The second-order valence-electron chi connectivity index (χ2n) is 6.42. The fourth-order valence-electron chi connectivity index (χ4n) is 3.37. The molecule has 1 aliphatic heterocycles. The number of amides is 1. The van der Waals surface area contributed by atoms with E-state index in [0.29, 0.717) is 47.1 Å². The molecule has 1 amide bonds. The first-order valence-corrected chi connectivity index (χ1v) is 9.12. The summed E-state index contributed by atoms with van der Waals surface area (Å²) in [6.45, 7) is 10.3. The van der Waals surface area contributed by atoms with E-state index in [1.807, 2.05) is 25.1 Å². The van der Waals surface area contributed by atoms with E-state index in [9.17, 15) is 9.59 Å². The summed E-state index contributed by atoms with van der Waals surface area (Å²) >= 11 is 0. The fraction of sp³-hybridized carbons (Fsp3) is 0.333. The summed E-state index contributed by atoms with van der Waals surface area (Å²) in [5.41, 5.74) is 3.05. The normalized spacial score (nSPS) is 12.0. The van der Waals surface area contributed by atoms with Crippen molar-refractivity contribution in [3.8, 4) is 11.5 Å². The Bertz CT molecular complexity index is 929. The van der Waals surface area contributed by atoms with Crippen LogP contribution < -0.4 is 14.8 Å². The van der Waals surface area contributed by atoms with Crippen molar-refractivity contribution in [2.75, 3.05) is 13.4 Å². The van der Waals surface area contributed by atoms with Gasteiger partial charge in [0.05, 0.1) is 12.2 Å². The van der Waals surface area contributed by atoms with Crippen molar-refractivity contribution in [3.05, 3.63) is 58.9 Å². The minimum Gasteiger partial charge on any atom is -0.461 e. The third kappa shape index (κ3) is 3.60. The number of rotatable bonds is 7. The van der Waals surface area contributed by atoms with Crippen LogP contribution in [-0.2, 0) is 17.8 Å². The maximum absolute atomic E-state index is 12.9. The lowest BCUT2D eigenvalue weighted by Crippen LogP contribution is -2.24. The Hall–Kier alpha value is -3.22. The van der Waals surface area contributed by atoms with Crippen LogP contribution in [0.25, 0.3) is 0 Å².